The second-order valence-electron chi connectivity index (χ2n) is 25.6. The fraction of sp³-hybridized carbons (Fsp3) is 0.704. The Morgan fingerprint density at radius 3 is 0.850 bits per heavy atom. The van der Waals surface area contributed by atoms with Crippen molar-refractivity contribution in [3.63, 3.8) is 0 Å². The molecule has 0 aliphatic heterocycles. The summed E-state index contributed by atoms with van der Waals surface area (Å²) >= 11 is 0. The summed E-state index contributed by atoms with van der Waals surface area (Å²) in [7, 11) is -9.97. The van der Waals surface area contributed by atoms with E-state index in [9.17, 15) is 43.2 Å². The van der Waals surface area contributed by atoms with Crippen LogP contribution in [0.4, 0.5) is 0 Å². The van der Waals surface area contributed by atoms with Crippen LogP contribution in [0.15, 0.2) is 122 Å². The molecule has 100 heavy (non-hydrogen) atoms. The Balaban J connectivity index is 5.38. The van der Waals surface area contributed by atoms with E-state index in [2.05, 4.69) is 149 Å². The smallest absolute Gasteiger partial charge is 0.462 e. The SMILES string of the molecule is CC/C=C\C/C=C\C/C=C\C/C=C\C/C=C\CCCCCC(=O)OCC(COP(=O)(O)OCC(O)COP(=O)(O)OCC(COC(=O)CCCCCCC/C=C\C/C=C\CCCCC)OC(=O)CCCCCCC/C=C\CCCC)OC(=O)CCCCCCC/C=C\C/C=C\CCCCC. The molecule has 0 bridgehead atoms. The van der Waals surface area contributed by atoms with Gasteiger partial charge in [-0.1, -0.05) is 252 Å². The monoisotopic (exact) mass is 1440 g/mol. The number of phosphoric ester groups is 2. The molecule has 0 aromatic rings. The Morgan fingerprint density at radius 1 is 0.290 bits per heavy atom. The predicted molar refractivity (Wildman–Crippen MR) is 408 cm³/mol. The molecule has 0 aliphatic carbocycles. The molecule has 0 aromatic heterocycles. The van der Waals surface area contributed by atoms with Crippen LogP contribution in [0.5, 0.6) is 0 Å². The number of carbonyl (C=O) groups is 4. The first-order valence-corrected chi connectivity index (χ1v) is 41.8. The predicted octanol–water partition coefficient (Wildman–Crippen LogP) is 22.3. The topological polar surface area (TPSA) is 237 Å². The minimum absolute atomic E-state index is 0.0687. The zero-order valence-electron chi connectivity index (χ0n) is 62.6. The van der Waals surface area contributed by atoms with Crippen molar-refractivity contribution >= 4 is 39.5 Å². The maximum atomic E-state index is 13.1. The van der Waals surface area contributed by atoms with Gasteiger partial charge in [0.15, 0.2) is 12.2 Å². The van der Waals surface area contributed by atoms with Gasteiger partial charge < -0.3 is 33.8 Å². The van der Waals surface area contributed by atoms with Gasteiger partial charge in [-0.3, -0.25) is 37.3 Å². The molecule has 0 heterocycles. The number of hydrogen-bond donors (Lipinski definition) is 3. The fourth-order valence-corrected chi connectivity index (χ4v) is 11.5. The van der Waals surface area contributed by atoms with Crippen molar-refractivity contribution in [1.82, 2.24) is 0 Å². The number of ether oxygens (including phenoxy) is 4. The molecule has 0 aliphatic rings. The van der Waals surface area contributed by atoms with Crippen LogP contribution in [0.1, 0.15) is 310 Å². The number of unbranched alkanes of at least 4 members (excludes halogenated alkanes) is 26. The van der Waals surface area contributed by atoms with E-state index in [1.165, 1.54) is 51.4 Å². The summed E-state index contributed by atoms with van der Waals surface area (Å²) in [5.41, 5.74) is 0. The van der Waals surface area contributed by atoms with Gasteiger partial charge in [0.25, 0.3) is 0 Å². The molecule has 0 saturated carbocycles. The number of allylic oxidation sites excluding steroid dienone is 20. The zero-order chi connectivity index (χ0) is 73.2. The molecule has 574 valence electrons. The second kappa shape index (κ2) is 72.8. The molecule has 5 unspecified atom stereocenters. The quantitative estimate of drug-likeness (QED) is 0.0169. The first kappa shape index (κ1) is 95.5. The number of rotatable bonds is 72. The van der Waals surface area contributed by atoms with Gasteiger partial charge in [0.1, 0.15) is 19.3 Å². The van der Waals surface area contributed by atoms with Crippen molar-refractivity contribution in [1.29, 1.82) is 0 Å². The molecule has 0 saturated heterocycles. The highest BCUT2D eigenvalue weighted by Crippen LogP contribution is 2.45. The van der Waals surface area contributed by atoms with E-state index in [1.807, 2.05) is 0 Å². The first-order chi connectivity index (χ1) is 48.7. The standard InChI is InChI=1S/C81H138O17P2/c1-5-9-13-17-21-25-29-32-35-36-37-38-41-43-47-50-54-58-62-66-79(84)92-72-77(98-81(86)68-64-60-56-52-48-44-40-34-31-27-23-19-15-11-7-3)74-96-100(89,90)94-70-75(82)69-93-99(87,88)95-73-76(97-80(85)67-63-59-55-51-45-28-24-20-16-12-8-4)71-91-78(83)65-61-57-53-49-46-42-39-33-30-26-22-18-14-10-6-2/h9,13,20-27,32-35,37-40,43,47,75-77,82H,5-8,10-12,14-19,28-31,36,41-42,44-46,48-74H2,1-4H3,(H,87,88)(H,89,90)/b13-9-,24-20-,25-21-,26-22-,27-23-,35-32-,38-37-,39-33-,40-34-,47-43-. The van der Waals surface area contributed by atoms with Gasteiger partial charge in [-0.05, 0) is 154 Å². The van der Waals surface area contributed by atoms with E-state index < -0.39 is 97.5 Å². The van der Waals surface area contributed by atoms with Crippen molar-refractivity contribution in [2.24, 2.45) is 0 Å². The minimum atomic E-state index is -4.99. The van der Waals surface area contributed by atoms with Gasteiger partial charge in [0, 0.05) is 25.7 Å². The molecule has 0 radical (unpaired) electrons. The van der Waals surface area contributed by atoms with Gasteiger partial charge >= 0.3 is 39.5 Å². The Hall–Kier alpha value is -4.54. The molecular weight excluding hydrogens is 1310 g/mol. The molecule has 3 N–H and O–H groups in total. The number of aliphatic hydroxyl groups excluding tert-OH is 1. The molecule has 17 nitrogen and oxygen atoms in total. The zero-order valence-corrected chi connectivity index (χ0v) is 64.4. The van der Waals surface area contributed by atoms with Crippen LogP contribution in [-0.4, -0.2) is 96.7 Å². The average Bonchev–Trinajstić information content (AvgIpc) is 0.985. The van der Waals surface area contributed by atoms with E-state index >= 15 is 0 Å². The van der Waals surface area contributed by atoms with Gasteiger partial charge in [0.05, 0.1) is 26.4 Å². The summed E-state index contributed by atoms with van der Waals surface area (Å²) in [6.45, 7) is 4.59. The van der Waals surface area contributed by atoms with Crippen molar-refractivity contribution in [3.05, 3.63) is 122 Å². The highest BCUT2D eigenvalue weighted by atomic mass is 31.2. The lowest BCUT2D eigenvalue weighted by Crippen LogP contribution is -2.30. The lowest BCUT2D eigenvalue weighted by atomic mass is 10.1. The molecule has 0 rings (SSSR count). The largest absolute Gasteiger partial charge is 0.472 e. The van der Waals surface area contributed by atoms with Crippen molar-refractivity contribution in [3.8, 4) is 0 Å². The highest BCUT2D eigenvalue weighted by Gasteiger charge is 2.30. The molecule has 0 aromatic carbocycles. The molecule has 0 spiro atoms. The van der Waals surface area contributed by atoms with Crippen LogP contribution in [-0.2, 0) is 65.4 Å². The van der Waals surface area contributed by atoms with Crippen LogP contribution < -0.4 is 0 Å². The van der Waals surface area contributed by atoms with Crippen molar-refractivity contribution in [2.75, 3.05) is 39.6 Å². The summed E-state index contributed by atoms with van der Waals surface area (Å²) in [6.07, 6.45) is 79.0. The Bertz CT molecular complexity index is 2370. The second-order valence-corrected chi connectivity index (χ2v) is 28.5. The molecular formula is C81H138O17P2. The van der Waals surface area contributed by atoms with Crippen LogP contribution in [0.2, 0.25) is 0 Å². The summed E-state index contributed by atoms with van der Waals surface area (Å²) in [4.78, 5) is 72.9. The number of esters is 4. The molecule has 19 heteroatoms. The summed E-state index contributed by atoms with van der Waals surface area (Å²) < 4.78 is 68.4. The minimum Gasteiger partial charge on any atom is -0.462 e. The fourth-order valence-electron chi connectivity index (χ4n) is 9.93. The lowest BCUT2D eigenvalue weighted by Gasteiger charge is -2.21. The molecule has 5 atom stereocenters. The lowest BCUT2D eigenvalue weighted by molar-refractivity contribution is -0.161. The van der Waals surface area contributed by atoms with Crippen molar-refractivity contribution < 1.29 is 80.2 Å². The van der Waals surface area contributed by atoms with Crippen molar-refractivity contribution in [2.45, 2.75) is 329 Å². The first-order valence-electron chi connectivity index (χ1n) is 38.8. The Morgan fingerprint density at radius 2 is 0.530 bits per heavy atom. The van der Waals surface area contributed by atoms with E-state index in [4.69, 9.17) is 37.0 Å². The van der Waals surface area contributed by atoms with E-state index in [0.29, 0.717) is 25.7 Å². The van der Waals surface area contributed by atoms with E-state index in [-0.39, 0.29) is 25.7 Å². The van der Waals surface area contributed by atoms with Crippen LogP contribution in [0, 0.1) is 0 Å². The molecule has 0 fully saturated rings. The van der Waals surface area contributed by atoms with Gasteiger partial charge in [-0.15, -0.1) is 0 Å². The third kappa shape index (κ3) is 71.8. The number of carbonyl (C=O) groups excluding carboxylic acids is 4. The van der Waals surface area contributed by atoms with Crippen LogP contribution >= 0.6 is 15.6 Å². The third-order valence-corrected chi connectivity index (χ3v) is 17.8. The summed E-state index contributed by atoms with van der Waals surface area (Å²) in [6, 6.07) is 0. The normalized spacial score (nSPS) is 14.6. The highest BCUT2D eigenvalue weighted by molar-refractivity contribution is 7.47. The van der Waals surface area contributed by atoms with Crippen LogP contribution in [0.25, 0.3) is 0 Å². The van der Waals surface area contributed by atoms with E-state index in [1.54, 1.807) is 0 Å². The number of phosphoric acid groups is 2. The maximum Gasteiger partial charge on any atom is 0.472 e. The van der Waals surface area contributed by atoms with Gasteiger partial charge in [-0.2, -0.15) is 0 Å². The number of hydrogen-bond acceptors (Lipinski definition) is 15. The number of aliphatic hydroxyl groups is 1. The summed E-state index contributed by atoms with van der Waals surface area (Å²) in [5.74, 6) is -2.25. The summed E-state index contributed by atoms with van der Waals surface area (Å²) in [5, 5.41) is 10.6. The Kier molecular flexibility index (Phi) is 69.5. The maximum absolute atomic E-state index is 13.1. The van der Waals surface area contributed by atoms with Gasteiger partial charge in [0.2, 0.25) is 0 Å². The van der Waals surface area contributed by atoms with E-state index in [0.717, 1.165) is 180 Å². The average molecular weight is 1450 g/mol. The Labute approximate surface area is 606 Å². The van der Waals surface area contributed by atoms with Gasteiger partial charge in [-0.25, -0.2) is 9.13 Å². The van der Waals surface area contributed by atoms with Crippen LogP contribution in [0.3, 0.4) is 0 Å². The molecule has 0 amide bonds. The third-order valence-electron chi connectivity index (χ3n) is 15.9.